The van der Waals surface area contributed by atoms with Crippen molar-refractivity contribution in [1.82, 2.24) is 5.32 Å². The fraction of sp³-hybridized carbons (Fsp3) is 0.889. The van der Waals surface area contributed by atoms with Gasteiger partial charge in [0.15, 0.2) is 0 Å². The molecule has 0 unspecified atom stereocenters. The molecule has 1 atom stereocenters. The van der Waals surface area contributed by atoms with Crippen molar-refractivity contribution in [3.8, 4) is 0 Å². The maximum atomic E-state index is 11.3. The monoisotopic (exact) mass is 155 g/mol. The van der Waals surface area contributed by atoms with Crippen LogP contribution in [0.1, 0.15) is 40.0 Å². The van der Waals surface area contributed by atoms with E-state index < -0.39 is 0 Å². The van der Waals surface area contributed by atoms with Gasteiger partial charge in [-0.05, 0) is 26.7 Å². The van der Waals surface area contributed by atoms with Crippen molar-refractivity contribution in [1.29, 1.82) is 0 Å². The maximum Gasteiger partial charge on any atom is 0.223 e. The first-order chi connectivity index (χ1) is 5.01. The first-order valence-corrected chi connectivity index (χ1v) is 4.33. The zero-order chi connectivity index (χ0) is 8.48. The number of carbonyl (C=O) groups excluding carboxylic acids is 1. The molecule has 11 heavy (non-hydrogen) atoms. The SMILES string of the molecule is C[C@H]1CCCC(C)(C)NC1=O. The van der Waals surface area contributed by atoms with Gasteiger partial charge < -0.3 is 5.32 Å². The number of hydrogen-bond acceptors (Lipinski definition) is 1. The molecule has 2 nitrogen and oxygen atoms in total. The summed E-state index contributed by atoms with van der Waals surface area (Å²) < 4.78 is 0. The minimum Gasteiger partial charge on any atom is -0.351 e. The quantitative estimate of drug-likeness (QED) is 0.567. The van der Waals surface area contributed by atoms with Crippen LogP contribution in [0.5, 0.6) is 0 Å². The topological polar surface area (TPSA) is 29.1 Å². The van der Waals surface area contributed by atoms with Gasteiger partial charge in [0.1, 0.15) is 0 Å². The molecule has 0 saturated carbocycles. The van der Waals surface area contributed by atoms with E-state index in [0.29, 0.717) is 0 Å². The Kier molecular flexibility index (Phi) is 2.21. The molecule has 0 aromatic carbocycles. The van der Waals surface area contributed by atoms with Crippen LogP contribution in [0.25, 0.3) is 0 Å². The second kappa shape index (κ2) is 2.84. The van der Waals surface area contributed by atoms with Gasteiger partial charge in [0, 0.05) is 11.5 Å². The van der Waals surface area contributed by atoms with Crippen LogP contribution in [0, 0.1) is 5.92 Å². The molecule has 64 valence electrons. The highest BCUT2D eigenvalue weighted by molar-refractivity contribution is 5.79. The first kappa shape index (κ1) is 8.57. The molecule has 2 heteroatoms. The van der Waals surface area contributed by atoms with E-state index in [0.717, 1.165) is 19.3 Å². The summed E-state index contributed by atoms with van der Waals surface area (Å²) in [7, 11) is 0. The molecule has 1 aliphatic rings. The number of nitrogens with one attached hydrogen (secondary N) is 1. The van der Waals surface area contributed by atoms with E-state index in [1.54, 1.807) is 0 Å². The third-order valence-electron chi connectivity index (χ3n) is 2.35. The summed E-state index contributed by atoms with van der Waals surface area (Å²) >= 11 is 0. The average Bonchev–Trinajstić information content (AvgIpc) is 1.93. The largest absolute Gasteiger partial charge is 0.351 e. The lowest BCUT2D eigenvalue weighted by Crippen LogP contribution is -2.43. The third-order valence-corrected chi connectivity index (χ3v) is 2.35. The Morgan fingerprint density at radius 1 is 1.55 bits per heavy atom. The van der Waals surface area contributed by atoms with E-state index >= 15 is 0 Å². The lowest BCUT2D eigenvalue weighted by atomic mass is 9.98. The molecule has 1 aliphatic heterocycles. The summed E-state index contributed by atoms with van der Waals surface area (Å²) in [4.78, 5) is 11.3. The van der Waals surface area contributed by atoms with Gasteiger partial charge >= 0.3 is 0 Å². The lowest BCUT2D eigenvalue weighted by molar-refractivity contribution is -0.125. The highest BCUT2D eigenvalue weighted by Gasteiger charge is 2.26. The fourth-order valence-corrected chi connectivity index (χ4v) is 1.50. The standard InChI is InChI=1S/C9H17NO/c1-7-5-4-6-9(2,3)10-8(7)11/h7H,4-6H2,1-3H3,(H,10,11)/t7-/m0/s1. The maximum absolute atomic E-state index is 11.3. The molecule has 1 N–H and O–H groups in total. The van der Waals surface area contributed by atoms with Crippen molar-refractivity contribution in [2.24, 2.45) is 5.92 Å². The van der Waals surface area contributed by atoms with Crippen LogP contribution in [0.3, 0.4) is 0 Å². The Hall–Kier alpha value is -0.530. The van der Waals surface area contributed by atoms with Crippen molar-refractivity contribution in [2.75, 3.05) is 0 Å². The Morgan fingerprint density at radius 3 is 2.82 bits per heavy atom. The minimum absolute atomic E-state index is 0.0157. The molecule has 0 radical (unpaired) electrons. The molecule has 0 aromatic heterocycles. The molecule has 0 spiro atoms. The Morgan fingerprint density at radius 2 is 2.18 bits per heavy atom. The molecular weight excluding hydrogens is 138 g/mol. The van der Waals surface area contributed by atoms with Crippen LogP contribution in [0.15, 0.2) is 0 Å². The second-order valence-corrected chi connectivity index (χ2v) is 4.17. The smallest absolute Gasteiger partial charge is 0.223 e. The highest BCUT2D eigenvalue weighted by Crippen LogP contribution is 2.21. The van der Waals surface area contributed by atoms with Gasteiger partial charge in [0.25, 0.3) is 0 Å². The predicted octanol–water partition coefficient (Wildman–Crippen LogP) is 1.70. The van der Waals surface area contributed by atoms with Gasteiger partial charge in [0.2, 0.25) is 5.91 Å². The lowest BCUT2D eigenvalue weighted by Gasteiger charge is -2.23. The van der Waals surface area contributed by atoms with Crippen LogP contribution in [-0.2, 0) is 4.79 Å². The zero-order valence-corrected chi connectivity index (χ0v) is 7.61. The van der Waals surface area contributed by atoms with E-state index in [1.807, 2.05) is 6.92 Å². The minimum atomic E-state index is 0.0157. The molecule has 1 saturated heterocycles. The third kappa shape index (κ3) is 2.21. The Labute approximate surface area is 68.4 Å². The highest BCUT2D eigenvalue weighted by atomic mass is 16.2. The van der Waals surface area contributed by atoms with Gasteiger partial charge in [-0.2, -0.15) is 0 Å². The molecule has 1 rings (SSSR count). The molecule has 1 amide bonds. The van der Waals surface area contributed by atoms with Crippen LogP contribution in [-0.4, -0.2) is 11.4 Å². The van der Waals surface area contributed by atoms with Gasteiger partial charge in [-0.25, -0.2) is 0 Å². The van der Waals surface area contributed by atoms with Gasteiger partial charge in [0.05, 0.1) is 0 Å². The summed E-state index contributed by atoms with van der Waals surface area (Å²) in [5.41, 5.74) is 0.0157. The van der Waals surface area contributed by atoms with E-state index in [4.69, 9.17) is 0 Å². The number of rotatable bonds is 0. The van der Waals surface area contributed by atoms with E-state index in [9.17, 15) is 4.79 Å². The molecular formula is C9H17NO. The van der Waals surface area contributed by atoms with E-state index in [2.05, 4.69) is 19.2 Å². The average molecular weight is 155 g/mol. The summed E-state index contributed by atoms with van der Waals surface area (Å²) in [5.74, 6) is 0.421. The summed E-state index contributed by atoms with van der Waals surface area (Å²) in [6.45, 7) is 6.17. The predicted molar refractivity (Wildman–Crippen MR) is 45.2 cm³/mol. The molecule has 1 heterocycles. The molecule has 0 aromatic rings. The molecule has 1 fully saturated rings. The summed E-state index contributed by atoms with van der Waals surface area (Å²) in [6, 6.07) is 0. The van der Waals surface area contributed by atoms with Crippen LogP contribution < -0.4 is 5.32 Å². The normalized spacial score (nSPS) is 30.8. The first-order valence-electron chi connectivity index (χ1n) is 4.33. The Balaban J connectivity index is 2.63. The van der Waals surface area contributed by atoms with Crippen molar-refractivity contribution in [3.63, 3.8) is 0 Å². The summed E-state index contributed by atoms with van der Waals surface area (Å²) in [5, 5.41) is 3.03. The number of carbonyl (C=O) groups is 1. The van der Waals surface area contributed by atoms with Gasteiger partial charge in [-0.3, -0.25) is 4.79 Å². The van der Waals surface area contributed by atoms with Crippen LogP contribution in [0.2, 0.25) is 0 Å². The second-order valence-electron chi connectivity index (χ2n) is 4.17. The van der Waals surface area contributed by atoms with Crippen molar-refractivity contribution in [2.45, 2.75) is 45.6 Å². The zero-order valence-electron chi connectivity index (χ0n) is 7.61. The Bertz CT molecular complexity index is 163. The van der Waals surface area contributed by atoms with E-state index in [-0.39, 0.29) is 17.4 Å². The van der Waals surface area contributed by atoms with Crippen LogP contribution >= 0.6 is 0 Å². The van der Waals surface area contributed by atoms with E-state index in [1.165, 1.54) is 0 Å². The fourth-order valence-electron chi connectivity index (χ4n) is 1.50. The molecule has 0 aliphatic carbocycles. The van der Waals surface area contributed by atoms with Crippen molar-refractivity contribution in [3.05, 3.63) is 0 Å². The molecule has 0 bridgehead atoms. The van der Waals surface area contributed by atoms with Crippen molar-refractivity contribution >= 4 is 5.91 Å². The summed E-state index contributed by atoms with van der Waals surface area (Å²) in [6.07, 6.45) is 3.30. The number of hydrogen-bond donors (Lipinski definition) is 1. The van der Waals surface area contributed by atoms with Crippen molar-refractivity contribution < 1.29 is 4.79 Å². The van der Waals surface area contributed by atoms with Crippen LogP contribution in [0.4, 0.5) is 0 Å². The van der Waals surface area contributed by atoms with Gasteiger partial charge in [-0.1, -0.05) is 13.3 Å². The van der Waals surface area contributed by atoms with Gasteiger partial charge in [-0.15, -0.1) is 0 Å². The number of amides is 1.